The lowest BCUT2D eigenvalue weighted by Crippen LogP contribution is -2.49. The number of hydrogen-bond donors (Lipinski definition) is 0. The normalized spacial score (nSPS) is 17.5. The Morgan fingerprint density at radius 3 is 2.20 bits per heavy atom. The predicted octanol–water partition coefficient (Wildman–Crippen LogP) is 6.68. The minimum Gasteiger partial charge on any atom is -0.497 e. The smallest absolute Gasteiger partial charge is 0.233 e. The van der Waals surface area contributed by atoms with Crippen molar-refractivity contribution in [3.8, 4) is 5.75 Å². The second kappa shape index (κ2) is 11.5. The van der Waals surface area contributed by atoms with E-state index in [1.54, 1.807) is 18.9 Å². The van der Waals surface area contributed by atoms with Crippen LogP contribution in [0.15, 0.2) is 53.7 Å². The average Bonchev–Trinajstić information content (AvgIpc) is 3.26. The lowest BCUT2D eigenvalue weighted by Gasteiger charge is -2.41. The van der Waals surface area contributed by atoms with Crippen molar-refractivity contribution in [1.82, 2.24) is 14.5 Å². The molecular formula is C29H37N3O2S. The largest absolute Gasteiger partial charge is 0.497 e. The number of hydrogen-bond acceptors (Lipinski definition) is 4. The lowest BCUT2D eigenvalue weighted by molar-refractivity contribution is -0.135. The fourth-order valence-electron chi connectivity index (χ4n) is 5.85. The molecule has 3 aromatic rings. The molecule has 2 aromatic carbocycles. The molecule has 186 valence electrons. The fourth-order valence-corrected chi connectivity index (χ4v) is 6.74. The Labute approximate surface area is 213 Å². The molecular weight excluding hydrogens is 454 g/mol. The Balaban J connectivity index is 1.36. The summed E-state index contributed by atoms with van der Waals surface area (Å²) in [6.45, 7) is 0.718. The van der Waals surface area contributed by atoms with Crippen LogP contribution in [0.2, 0.25) is 0 Å². The zero-order valence-electron chi connectivity index (χ0n) is 20.8. The molecule has 35 heavy (non-hydrogen) atoms. The highest BCUT2D eigenvalue weighted by molar-refractivity contribution is 7.99. The summed E-state index contributed by atoms with van der Waals surface area (Å²) in [6, 6.07) is 17.3. The van der Waals surface area contributed by atoms with Crippen LogP contribution in [0.25, 0.3) is 11.0 Å². The Morgan fingerprint density at radius 1 is 0.943 bits per heavy atom. The molecule has 0 unspecified atom stereocenters. The van der Waals surface area contributed by atoms with Crippen LogP contribution in [0.4, 0.5) is 0 Å². The van der Waals surface area contributed by atoms with Crippen molar-refractivity contribution in [3.63, 3.8) is 0 Å². The monoisotopic (exact) mass is 491 g/mol. The molecule has 2 aliphatic carbocycles. The fraction of sp³-hybridized carbons (Fsp3) is 0.517. The van der Waals surface area contributed by atoms with E-state index in [0.29, 0.717) is 23.7 Å². The first-order valence-corrected chi connectivity index (χ1v) is 14.2. The summed E-state index contributed by atoms with van der Waals surface area (Å²) in [7, 11) is 1.69. The van der Waals surface area contributed by atoms with Crippen molar-refractivity contribution in [2.75, 3.05) is 12.9 Å². The first-order chi connectivity index (χ1) is 17.2. The van der Waals surface area contributed by atoms with E-state index in [1.165, 1.54) is 69.8 Å². The number of methoxy groups -OCH3 is 1. The summed E-state index contributed by atoms with van der Waals surface area (Å²) in [6.07, 6.45) is 12.3. The quantitative estimate of drug-likeness (QED) is 0.330. The van der Waals surface area contributed by atoms with Gasteiger partial charge >= 0.3 is 0 Å². The molecule has 0 saturated heterocycles. The van der Waals surface area contributed by atoms with Crippen molar-refractivity contribution in [2.24, 2.45) is 0 Å². The van der Waals surface area contributed by atoms with Gasteiger partial charge in [-0.05, 0) is 55.5 Å². The predicted molar refractivity (Wildman–Crippen MR) is 143 cm³/mol. The van der Waals surface area contributed by atoms with Gasteiger partial charge in [-0.3, -0.25) is 4.79 Å². The van der Waals surface area contributed by atoms with Gasteiger partial charge in [0.05, 0.1) is 30.4 Å². The topological polar surface area (TPSA) is 47.4 Å². The molecule has 6 heteroatoms. The molecule has 0 N–H and O–H groups in total. The van der Waals surface area contributed by atoms with Gasteiger partial charge < -0.3 is 14.2 Å². The molecule has 0 aliphatic heterocycles. The number of aromatic nitrogens is 2. The lowest BCUT2D eigenvalue weighted by atomic mass is 9.88. The molecule has 1 amide bonds. The zero-order chi connectivity index (χ0) is 24.0. The van der Waals surface area contributed by atoms with Crippen LogP contribution in [-0.2, 0) is 11.3 Å². The Kier molecular flexibility index (Phi) is 7.97. The molecule has 2 fully saturated rings. The van der Waals surface area contributed by atoms with Gasteiger partial charge in [0.25, 0.3) is 0 Å². The van der Waals surface area contributed by atoms with Gasteiger partial charge in [0.2, 0.25) is 5.91 Å². The van der Waals surface area contributed by atoms with E-state index in [4.69, 9.17) is 9.72 Å². The highest BCUT2D eigenvalue weighted by Gasteiger charge is 2.32. The molecule has 1 heterocycles. The minimum absolute atomic E-state index is 0.303. The average molecular weight is 492 g/mol. The van der Waals surface area contributed by atoms with E-state index in [1.807, 2.05) is 18.2 Å². The number of carbonyl (C=O) groups excluding carboxylic acids is 1. The maximum Gasteiger partial charge on any atom is 0.233 e. The number of nitrogens with zero attached hydrogens (tertiary/aromatic N) is 3. The Morgan fingerprint density at radius 2 is 1.57 bits per heavy atom. The summed E-state index contributed by atoms with van der Waals surface area (Å²) in [5.41, 5.74) is 3.27. The number of thioether (sulfide) groups is 1. The molecule has 0 atom stereocenters. The number of fused-ring (bicyclic) bond motifs is 1. The molecule has 2 saturated carbocycles. The van der Waals surface area contributed by atoms with Crippen molar-refractivity contribution in [1.29, 1.82) is 0 Å². The van der Waals surface area contributed by atoms with Gasteiger partial charge in [-0.1, -0.05) is 74.6 Å². The van der Waals surface area contributed by atoms with Crippen LogP contribution in [-0.4, -0.2) is 45.3 Å². The third-order valence-corrected chi connectivity index (χ3v) is 8.63. The van der Waals surface area contributed by atoms with Crippen molar-refractivity contribution >= 4 is 28.7 Å². The molecule has 0 spiro atoms. The maximum atomic E-state index is 13.7. The molecule has 5 nitrogen and oxygen atoms in total. The van der Waals surface area contributed by atoms with Crippen molar-refractivity contribution in [2.45, 2.75) is 88.0 Å². The van der Waals surface area contributed by atoms with E-state index < -0.39 is 0 Å². The van der Waals surface area contributed by atoms with Gasteiger partial charge in [-0.15, -0.1) is 0 Å². The third-order valence-electron chi connectivity index (χ3n) is 7.67. The first kappa shape index (κ1) is 24.2. The van der Waals surface area contributed by atoms with Crippen molar-refractivity contribution < 1.29 is 9.53 Å². The van der Waals surface area contributed by atoms with Crippen LogP contribution in [0.1, 0.15) is 69.8 Å². The molecule has 1 aromatic heterocycles. The number of ether oxygens (including phenoxy) is 1. The van der Waals surface area contributed by atoms with Crippen molar-refractivity contribution in [3.05, 3.63) is 54.1 Å². The summed E-state index contributed by atoms with van der Waals surface area (Å²) >= 11 is 1.60. The second-order valence-corrected chi connectivity index (χ2v) is 10.9. The third kappa shape index (κ3) is 5.69. The van der Waals surface area contributed by atoms with E-state index >= 15 is 0 Å². The number of carbonyl (C=O) groups is 1. The number of amides is 1. The summed E-state index contributed by atoms with van der Waals surface area (Å²) < 4.78 is 7.57. The molecule has 0 radical (unpaired) electrons. The number of rotatable bonds is 8. The molecule has 5 rings (SSSR count). The van der Waals surface area contributed by atoms with Gasteiger partial charge in [0.15, 0.2) is 5.16 Å². The van der Waals surface area contributed by atoms with Crippen LogP contribution in [0, 0.1) is 0 Å². The number of imidazole rings is 1. The van der Waals surface area contributed by atoms with Crippen LogP contribution < -0.4 is 4.74 Å². The summed E-state index contributed by atoms with van der Waals surface area (Å²) in [5.74, 6) is 1.62. The Hall–Kier alpha value is -2.47. The molecule has 2 aliphatic rings. The van der Waals surface area contributed by atoms with Gasteiger partial charge in [0, 0.05) is 12.1 Å². The number of benzene rings is 2. The van der Waals surface area contributed by atoms with Crippen LogP contribution in [0.5, 0.6) is 5.75 Å². The van der Waals surface area contributed by atoms with E-state index in [2.05, 4.69) is 39.8 Å². The Bertz CT molecular complexity index is 1100. The van der Waals surface area contributed by atoms with Gasteiger partial charge in [-0.2, -0.15) is 0 Å². The van der Waals surface area contributed by atoms with E-state index in [0.717, 1.165) is 28.5 Å². The second-order valence-electron chi connectivity index (χ2n) is 9.99. The van der Waals surface area contributed by atoms with Gasteiger partial charge in [0.1, 0.15) is 5.75 Å². The summed E-state index contributed by atoms with van der Waals surface area (Å²) in [5, 5.41) is 0.919. The van der Waals surface area contributed by atoms with Crippen LogP contribution in [0.3, 0.4) is 0 Å². The van der Waals surface area contributed by atoms with Gasteiger partial charge in [-0.25, -0.2) is 4.98 Å². The van der Waals surface area contributed by atoms with E-state index in [-0.39, 0.29) is 0 Å². The molecule has 0 bridgehead atoms. The van der Waals surface area contributed by atoms with E-state index in [9.17, 15) is 4.79 Å². The SMILES string of the molecule is COc1ccc(Cn2c(SCC(=O)N(C3CCCCC3)C3CCCCC3)nc3ccccc32)cc1. The van der Waals surface area contributed by atoms with Crippen LogP contribution >= 0.6 is 11.8 Å². The highest BCUT2D eigenvalue weighted by atomic mass is 32.2. The highest BCUT2D eigenvalue weighted by Crippen LogP contribution is 2.32. The maximum absolute atomic E-state index is 13.7. The zero-order valence-corrected chi connectivity index (χ0v) is 21.6. The standard InChI is InChI=1S/C29H37N3O2S/c1-34-25-18-16-22(17-19-25)20-31-27-15-9-8-14-26(27)30-29(31)35-21-28(33)32(23-10-4-2-5-11-23)24-12-6-3-7-13-24/h8-9,14-19,23-24H,2-7,10-13,20-21H2,1H3. The number of para-hydroxylation sites is 2. The first-order valence-electron chi connectivity index (χ1n) is 13.2. The summed E-state index contributed by atoms with van der Waals surface area (Å²) in [4.78, 5) is 21.0. The minimum atomic E-state index is 0.303.